The summed E-state index contributed by atoms with van der Waals surface area (Å²) in [4.78, 5) is 20.7. The Morgan fingerprint density at radius 1 is 1.06 bits per heavy atom. The largest absolute Gasteiger partial charge is 0.459 e. The smallest absolute Gasteiger partial charge is 0.309 e. The van der Waals surface area contributed by atoms with Crippen LogP contribution in [0.1, 0.15) is 12.8 Å². The molecule has 0 bridgehead atoms. The highest BCUT2D eigenvalue weighted by atomic mass is 79.9. The highest BCUT2D eigenvalue weighted by Gasteiger charge is 2.32. The summed E-state index contributed by atoms with van der Waals surface area (Å²) in [5.41, 5.74) is 0. The van der Waals surface area contributed by atoms with Gasteiger partial charge in [0.2, 0.25) is 0 Å². The van der Waals surface area contributed by atoms with Crippen molar-refractivity contribution >= 4 is 27.9 Å². The van der Waals surface area contributed by atoms with Crippen molar-refractivity contribution < 1.29 is 34.4 Å². The van der Waals surface area contributed by atoms with Gasteiger partial charge in [0.1, 0.15) is 18.3 Å². The van der Waals surface area contributed by atoms with Crippen molar-refractivity contribution in [1.29, 1.82) is 0 Å². The number of carbonyl (C=O) groups is 2. The molecule has 7 nitrogen and oxygen atoms in total. The second kappa shape index (κ2) is 7.03. The lowest BCUT2D eigenvalue weighted by molar-refractivity contribution is -0.143. The summed E-state index contributed by atoms with van der Waals surface area (Å²) in [6, 6.07) is 0. The van der Waals surface area contributed by atoms with Gasteiger partial charge in [0.05, 0.1) is 19.4 Å². The maximum Gasteiger partial charge on any atom is 0.309 e. The van der Waals surface area contributed by atoms with Crippen molar-refractivity contribution in [3.05, 3.63) is 0 Å². The molecule has 2 heterocycles. The zero-order valence-corrected chi connectivity index (χ0v) is 11.1. The number of ether oxygens (including phenoxy) is 2. The molecule has 2 rings (SSSR count). The van der Waals surface area contributed by atoms with Gasteiger partial charge in [0, 0.05) is 5.33 Å². The van der Waals surface area contributed by atoms with Crippen LogP contribution in [0.2, 0.25) is 0 Å². The van der Waals surface area contributed by atoms with Gasteiger partial charge in [-0.3, -0.25) is 9.59 Å². The molecule has 0 unspecified atom stereocenters. The first-order valence-corrected chi connectivity index (χ1v) is 6.52. The molecule has 0 radical (unpaired) electrons. The van der Waals surface area contributed by atoms with Crippen LogP contribution in [-0.2, 0) is 19.1 Å². The minimum absolute atomic E-state index is 0.00519. The van der Waals surface area contributed by atoms with E-state index in [0.29, 0.717) is 5.33 Å². The molecule has 0 saturated carbocycles. The number of rotatable bonds is 2. The Kier molecular flexibility index (Phi) is 6.00. The van der Waals surface area contributed by atoms with Gasteiger partial charge >= 0.3 is 11.9 Å². The summed E-state index contributed by atoms with van der Waals surface area (Å²) >= 11 is 3.11. The number of cyclic esters (lactones) is 2. The minimum atomic E-state index is -0.817. The van der Waals surface area contributed by atoms with Crippen LogP contribution in [0, 0.1) is 0 Å². The molecule has 104 valence electrons. The fraction of sp³-hybridized carbons (Fsp3) is 0.800. The Balaban J connectivity index is 0.000000180. The van der Waals surface area contributed by atoms with Crippen LogP contribution in [0.15, 0.2) is 0 Å². The molecule has 0 amide bonds. The lowest BCUT2D eigenvalue weighted by Gasteiger charge is -2.07. The van der Waals surface area contributed by atoms with Crippen LogP contribution in [0.25, 0.3) is 0 Å². The van der Waals surface area contributed by atoms with Gasteiger partial charge in [-0.2, -0.15) is 0 Å². The van der Waals surface area contributed by atoms with Gasteiger partial charge < -0.3 is 24.8 Å². The number of hydrogen-bond acceptors (Lipinski definition) is 7. The number of halogens is 1. The van der Waals surface area contributed by atoms with E-state index in [-0.39, 0.29) is 31.5 Å². The number of carbonyl (C=O) groups excluding carboxylic acids is 2. The molecule has 0 aromatic carbocycles. The molecule has 0 aromatic rings. The Labute approximate surface area is 112 Å². The quantitative estimate of drug-likeness (QED) is 0.427. The van der Waals surface area contributed by atoms with Gasteiger partial charge in [-0.1, -0.05) is 15.9 Å². The van der Waals surface area contributed by atoms with E-state index in [1.165, 1.54) is 0 Å². The fourth-order valence-electron chi connectivity index (χ4n) is 1.49. The van der Waals surface area contributed by atoms with Crippen LogP contribution >= 0.6 is 15.9 Å². The highest BCUT2D eigenvalue weighted by molar-refractivity contribution is 9.09. The summed E-state index contributed by atoms with van der Waals surface area (Å²) in [6.07, 6.45) is -2.32. The average Bonchev–Trinajstić information content (AvgIpc) is 2.81. The minimum Gasteiger partial charge on any atom is -0.459 e. The molecule has 18 heavy (non-hydrogen) atoms. The summed E-state index contributed by atoms with van der Waals surface area (Å²) in [5, 5.41) is 26.8. The molecular weight excluding hydrogens is 312 g/mol. The molecule has 2 aliphatic heterocycles. The lowest BCUT2D eigenvalue weighted by atomic mass is 10.2. The van der Waals surface area contributed by atoms with Crippen LogP contribution in [0.3, 0.4) is 0 Å². The molecular formula is C10H15BrO7. The molecule has 4 atom stereocenters. The zero-order chi connectivity index (χ0) is 13.7. The van der Waals surface area contributed by atoms with E-state index < -0.39 is 24.3 Å². The monoisotopic (exact) mass is 326 g/mol. The van der Waals surface area contributed by atoms with Gasteiger partial charge in [0.25, 0.3) is 0 Å². The standard InChI is InChI=1S/C5H7BrO3.C5H8O4/c2*6-2-4-3(7)1-5(8)9-4/h3-4,7H,1-2H2;3-4,6-7H,1-2H2/t3-,4-;3-,4+/m11/s1. The summed E-state index contributed by atoms with van der Waals surface area (Å²) < 4.78 is 9.17. The van der Waals surface area contributed by atoms with Crippen molar-refractivity contribution in [2.45, 2.75) is 37.3 Å². The fourth-order valence-corrected chi connectivity index (χ4v) is 2.05. The van der Waals surface area contributed by atoms with Crippen LogP contribution in [-0.4, -0.2) is 63.6 Å². The van der Waals surface area contributed by atoms with Gasteiger partial charge in [-0.25, -0.2) is 0 Å². The van der Waals surface area contributed by atoms with Gasteiger partial charge in [-0.15, -0.1) is 0 Å². The van der Waals surface area contributed by atoms with E-state index in [9.17, 15) is 9.59 Å². The third kappa shape index (κ3) is 4.20. The highest BCUT2D eigenvalue weighted by Crippen LogP contribution is 2.16. The molecule has 0 aromatic heterocycles. The Morgan fingerprint density at radius 3 is 1.67 bits per heavy atom. The topological polar surface area (TPSA) is 113 Å². The summed E-state index contributed by atoms with van der Waals surface area (Å²) in [7, 11) is 0. The van der Waals surface area contributed by atoms with Crippen LogP contribution in [0.4, 0.5) is 0 Å². The molecule has 2 aliphatic rings. The van der Waals surface area contributed by atoms with Crippen molar-refractivity contribution in [2.24, 2.45) is 0 Å². The molecule has 2 fully saturated rings. The maximum absolute atomic E-state index is 10.4. The van der Waals surface area contributed by atoms with Crippen molar-refractivity contribution in [1.82, 2.24) is 0 Å². The summed E-state index contributed by atoms with van der Waals surface area (Å²) in [6.45, 7) is -0.299. The van der Waals surface area contributed by atoms with E-state index in [1.807, 2.05) is 0 Å². The first kappa shape index (κ1) is 15.4. The second-order valence-electron chi connectivity index (χ2n) is 3.94. The number of esters is 2. The van der Waals surface area contributed by atoms with E-state index >= 15 is 0 Å². The van der Waals surface area contributed by atoms with Crippen molar-refractivity contribution in [2.75, 3.05) is 11.9 Å². The van der Waals surface area contributed by atoms with Gasteiger partial charge in [0.15, 0.2) is 6.10 Å². The molecule has 3 N–H and O–H groups in total. The predicted octanol–water partition coefficient (Wildman–Crippen LogP) is -1.29. The third-order valence-corrected chi connectivity index (χ3v) is 3.15. The van der Waals surface area contributed by atoms with Crippen LogP contribution < -0.4 is 0 Å². The lowest BCUT2D eigenvalue weighted by Crippen LogP contribution is -2.24. The number of alkyl halides is 1. The first-order valence-electron chi connectivity index (χ1n) is 5.39. The Bertz CT molecular complexity index is 279. The summed E-state index contributed by atoms with van der Waals surface area (Å²) in [5.74, 6) is -0.756. The maximum atomic E-state index is 10.4. The normalized spacial score (nSPS) is 34.7. The van der Waals surface area contributed by atoms with E-state index in [4.69, 9.17) is 15.3 Å². The second-order valence-corrected chi connectivity index (χ2v) is 4.58. The molecule has 0 aliphatic carbocycles. The molecule has 8 heteroatoms. The number of aliphatic hydroxyl groups excluding tert-OH is 3. The van der Waals surface area contributed by atoms with E-state index in [2.05, 4.69) is 25.4 Å². The first-order chi connectivity index (χ1) is 8.47. The number of hydrogen-bond donors (Lipinski definition) is 3. The SMILES string of the molecule is O=C1C[C@@H](O)[C@@H](CBr)O1.O=C1C[C@@H](O)[C@H](CO)O1. The number of aliphatic hydroxyl groups is 3. The van der Waals surface area contributed by atoms with E-state index in [1.54, 1.807) is 0 Å². The van der Waals surface area contributed by atoms with Crippen molar-refractivity contribution in [3.8, 4) is 0 Å². The van der Waals surface area contributed by atoms with Gasteiger partial charge in [-0.05, 0) is 0 Å². The Morgan fingerprint density at radius 2 is 1.50 bits per heavy atom. The zero-order valence-electron chi connectivity index (χ0n) is 9.49. The predicted molar refractivity (Wildman–Crippen MR) is 61.9 cm³/mol. The third-order valence-electron chi connectivity index (χ3n) is 2.51. The Hall–Kier alpha value is -0.700. The van der Waals surface area contributed by atoms with Crippen LogP contribution in [0.5, 0.6) is 0 Å². The molecule has 2 saturated heterocycles. The van der Waals surface area contributed by atoms with Crippen molar-refractivity contribution in [3.63, 3.8) is 0 Å². The molecule has 0 spiro atoms. The van der Waals surface area contributed by atoms with E-state index in [0.717, 1.165) is 0 Å². The average molecular weight is 327 g/mol.